The number of hydrogen-bond donors (Lipinski definition) is 0. The first kappa shape index (κ1) is 19.8. The average Bonchev–Trinajstić information content (AvgIpc) is 3.37. The van der Waals surface area contributed by atoms with E-state index >= 15 is 0 Å². The molecule has 2 aliphatic rings. The molecule has 0 bridgehead atoms. The zero-order valence-electron chi connectivity index (χ0n) is 16.9. The van der Waals surface area contributed by atoms with Gasteiger partial charge in [-0.15, -0.1) is 0 Å². The largest absolute Gasteiger partial charge is 0.323 e. The average molecular weight is 401 g/mol. The second-order valence-electron chi connectivity index (χ2n) is 7.91. The second-order valence-corrected chi connectivity index (χ2v) is 7.91. The summed E-state index contributed by atoms with van der Waals surface area (Å²) in [6, 6.07) is 14.9. The maximum atomic E-state index is 13.5. The third-order valence-corrected chi connectivity index (χ3v) is 6.04. The number of imide groups is 1. The van der Waals surface area contributed by atoms with Crippen molar-refractivity contribution < 1.29 is 14.4 Å². The lowest BCUT2D eigenvalue weighted by molar-refractivity contribution is -0.123. The standard InChI is InChI=1S/C24H23N3O3/c1-16-6-2-5-9-20(16)23(29)26(18-7-3-4-8-18)21-14-22(28)27(24(21)30)19-12-10-17(15-25)11-13-19/h2,5-6,9-13,18,21H,3-4,7-8,14H2,1H3. The third kappa shape index (κ3) is 3.48. The summed E-state index contributed by atoms with van der Waals surface area (Å²) in [5.41, 5.74) is 2.31. The van der Waals surface area contributed by atoms with Crippen LogP contribution in [-0.2, 0) is 9.59 Å². The molecule has 2 aromatic carbocycles. The van der Waals surface area contributed by atoms with Gasteiger partial charge in [-0.05, 0) is 55.7 Å². The van der Waals surface area contributed by atoms with Crippen molar-refractivity contribution in [2.75, 3.05) is 4.90 Å². The predicted octanol–water partition coefficient (Wildman–Crippen LogP) is 3.58. The van der Waals surface area contributed by atoms with Gasteiger partial charge in [-0.25, -0.2) is 4.90 Å². The van der Waals surface area contributed by atoms with Gasteiger partial charge in [-0.1, -0.05) is 31.0 Å². The fourth-order valence-electron chi connectivity index (χ4n) is 4.49. The van der Waals surface area contributed by atoms with Gasteiger partial charge in [0.05, 0.1) is 23.7 Å². The van der Waals surface area contributed by atoms with Gasteiger partial charge in [0.1, 0.15) is 6.04 Å². The highest BCUT2D eigenvalue weighted by Gasteiger charge is 2.47. The molecule has 1 atom stereocenters. The number of benzene rings is 2. The summed E-state index contributed by atoms with van der Waals surface area (Å²) >= 11 is 0. The van der Waals surface area contributed by atoms with E-state index in [1.54, 1.807) is 35.2 Å². The van der Waals surface area contributed by atoms with E-state index in [0.717, 1.165) is 36.1 Å². The molecule has 1 aliphatic heterocycles. The summed E-state index contributed by atoms with van der Waals surface area (Å²) in [6.45, 7) is 1.88. The van der Waals surface area contributed by atoms with Crippen LogP contribution in [-0.4, -0.2) is 34.7 Å². The number of aryl methyl sites for hydroxylation is 1. The highest BCUT2D eigenvalue weighted by atomic mass is 16.2. The first-order valence-corrected chi connectivity index (χ1v) is 10.3. The maximum absolute atomic E-state index is 13.5. The Labute approximate surface area is 175 Å². The number of carbonyl (C=O) groups is 3. The van der Waals surface area contributed by atoms with Crippen LogP contribution in [0.4, 0.5) is 5.69 Å². The molecule has 1 saturated carbocycles. The van der Waals surface area contributed by atoms with Crippen LogP contribution in [0.1, 0.15) is 53.6 Å². The van der Waals surface area contributed by atoms with E-state index < -0.39 is 6.04 Å². The minimum atomic E-state index is -0.802. The molecule has 6 heteroatoms. The van der Waals surface area contributed by atoms with E-state index in [-0.39, 0.29) is 30.2 Å². The molecular formula is C24H23N3O3. The highest BCUT2D eigenvalue weighted by Crippen LogP contribution is 2.33. The SMILES string of the molecule is Cc1ccccc1C(=O)N(C1CCCC1)C1CC(=O)N(c2ccc(C#N)cc2)C1=O. The van der Waals surface area contributed by atoms with Crippen LogP contribution in [0.5, 0.6) is 0 Å². The molecule has 4 rings (SSSR count). The van der Waals surface area contributed by atoms with Crippen LogP contribution in [0.3, 0.4) is 0 Å². The third-order valence-electron chi connectivity index (χ3n) is 6.04. The number of carbonyl (C=O) groups excluding carboxylic acids is 3. The van der Waals surface area contributed by atoms with Gasteiger partial charge in [0, 0.05) is 11.6 Å². The molecule has 1 unspecified atom stereocenters. The predicted molar refractivity (Wildman–Crippen MR) is 112 cm³/mol. The summed E-state index contributed by atoms with van der Waals surface area (Å²) in [4.78, 5) is 42.5. The Morgan fingerprint density at radius 3 is 2.37 bits per heavy atom. The van der Waals surface area contributed by atoms with E-state index in [2.05, 4.69) is 0 Å². The molecule has 0 aromatic heterocycles. The molecule has 1 aliphatic carbocycles. The first-order valence-electron chi connectivity index (χ1n) is 10.3. The van der Waals surface area contributed by atoms with Crippen molar-refractivity contribution in [3.05, 3.63) is 65.2 Å². The van der Waals surface area contributed by atoms with Crippen molar-refractivity contribution in [3.63, 3.8) is 0 Å². The van der Waals surface area contributed by atoms with E-state index in [4.69, 9.17) is 5.26 Å². The molecule has 6 nitrogen and oxygen atoms in total. The zero-order valence-corrected chi connectivity index (χ0v) is 16.9. The van der Waals surface area contributed by atoms with E-state index in [1.165, 1.54) is 0 Å². The van der Waals surface area contributed by atoms with E-state index in [9.17, 15) is 14.4 Å². The lowest BCUT2D eigenvalue weighted by Crippen LogP contribution is -2.50. The Bertz CT molecular complexity index is 1030. The summed E-state index contributed by atoms with van der Waals surface area (Å²) in [5.74, 6) is -0.887. The van der Waals surface area contributed by atoms with Gasteiger partial charge in [-0.2, -0.15) is 5.26 Å². The fourth-order valence-corrected chi connectivity index (χ4v) is 4.49. The monoisotopic (exact) mass is 401 g/mol. The highest BCUT2D eigenvalue weighted by molar-refractivity contribution is 6.23. The van der Waals surface area contributed by atoms with Crippen molar-refractivity contribution in [2.24, 2.45) is 0 Å². The van der Waals surface area contributed by atoms with E-state index in [0.29, 0.717) is 16.8 Å². The van der Waals surface area contributed by atoms with Gasteiger partial charge < -0.3 is 4.90 Å². The molecule has 30 heavy (non-hydrogen) atoms. The smallest absolute Gasteiger partial charge is 0.257 e. The Hall–Kier alpha value is -3.46. The molecular weight excluding hydrogens is 378 g/mol. The number of rotatable bonds is 4. The van der Waals surface area contributed by atoms with Gasteiger partial charge >= 0.3 is 0 Å². The maximum Gasteiger partial charge on any atom is 0.257 e. The lowest BCUT2D eigenvalue weighted by atomic mass is 10.0. The fraction of sp³-hybridized carbons (Fsp3) is 0.333. The number of amides is 3. The molecule has 2 fully saturated rings. The quantitative estimate of drug-likeness (QED) is 0.733. The minimum Gasteiger partial charge on any atom is -0.323 e. The summed E-state index contributed by atoms with van der Waals surface area (Å²) in [7, 11) is 0. The molecule has 1 heterocycles. The van der Waals surface area contributed by atoms with Crippen molar-refractivity contribution >= 4 is 23.4 Å². The van der Waals surface area contributed by atoms with Crippen LogP contribution in [0.2, 0.25) is 0 Å². The van der Waals surface area contributed by atoms with Crippen LogP contribution < -0.4 is 4.90 Å². The second kappa shape index (κ2) is 8.11. The van der Waals surface area contributed by atoms with E-state index in [1.807, 2.05) is 31.2 Å². The molecule has 152 valence electrons. The molecule has 1 saturated heterocycles. The molecule has 0 N–H and O–H groups in total. The number of hydrogen-bond acceptors (Lipinski definition) is 4. The van der Waals surface area contributed by atoms with Crippen LogP contribution >= 0.6 is 0 Å². The Balaban J connectivity index is 1.68. The normalized spacial score (nSPS) is 19.2. The lowest BCUT2D eigenvalue weighted by Gasteiger charge is -2.33. The van der Waals surface area contributed by atoms with Gasteiger partial charge in [0.2, 0.25) is 5.91 Å². The Morgan fingerprint density at radius 1 is 1.07 bits per heavy atom. The number of nitriles is 1. The molecule has 3 amide bonds. The van der Waals surface area contributed by atoms with Crippen molar-refractivity contribution in [2.45, 2.75) is 51.1 Å². The first-order chi connectivity index (χ1) is 14.5. The van der Waals surface area contributed by atoms with Crippen LogP contribution in [0.15, 0.2) is 48.5 Å². The van der Waals surface area contributed by atoms with Crippen molar-refractivity contribution in [1.29, 1.82) is 5.26 Å². The molecule has 0 spiro atoms. The zero-order chi connectivity index (χ0) is 21.3. The Kier molecular flexibility index (Phi) is 5.37. The number of anilines is 1. The minimum absolute atomic E-state index is 0.0209. The van der Waals surface area contributed by atoms with Crippen molar-refractivity contribution in [1.82, 2.24) is 4.90 Å². The molecule has 0 radical (unpaired) electrons. The van der Waals surface area contributed by atoms with Crippen LogP contribution in [0, 0.1) is 18.3 Å². The summed E-state index contributed by atoms with van der Waals surface area (Å²) in [5, 5.41) is 8.98. The van der Waals surface area contributed by atoms with Gasteiger partial charge in [0.25, 0.3) is 11.8 Å². The molecule has 2 aromatic rings. The van der Waals surface area contributed by atoms with Gasteiger partial charge in [-0.3, -0.25) is 14.4 Å². The Morgan fingerprint density at radius 2 is 1.73 bits per heavy atom. The van der Waals surface area contributed by atoms with Crippen LogP contribution in [0.25, 0.3) is 0 Å². The topological polar surface area (TPSA) is 81.5 Å². The van der Waals surface area contributed by atoms with Gasteiger partial charge in [0.15, 0.2) is 0 Å². The summed E-state index contributed by atoms with van der Waals surface area (Å²) in [6.07, 6.45) is 3.68. The summed E-state index contributed by atoms with van der Waals surface area (Å²) < 4.78 is 0. The number of nitrogens with zero attached hydrogens (tertiary/aromatic N) is 3. The van der Waals surface area contributed by atoms with Crippen molar-refractivity contribution in [3.8, 4) is 6.07 Å².